The topological polar surface area (TPSA) is 84.3 Å². The van der Waals surface area contributed by atoms with Gasteiger partial charge in [0, 0.05) is 25.5 Å². The number of piperazine rings is 1. The Morgan fingerprint density at radius 3 is 2.44 bits per heavy atom. The van der Waals surface area contributed by atoms with Gasteiger partial charge in [-0.15, -0.1) is 0 Å². The molecular weight excluding hydrogens is 320 g/mol. The average molecular weight is 342 g/mol. The molecule has 8 nitrogen and oxygen atoms in total. The number of rotatable bonds is 2. The number of aromatic nitrogens is 4. The van der Waals surface area contributed by atoms with Gasteiger partial charge in [0.1, 0.15) is 24.1 Å². The molecule has 2 aromatic heterocycles. The van der Waals surface area contributed by atoms with Crippen LogP contribution in [0.1, 0.15) is 32.5 Å². The predicted octanol–water partition coefficient (Wildman–Crippen LogP) is 2.06. The lowest BCUT2D eigenvalue weighted by molar-refractivity contribution is 0.0212. The van der Waals surface area contributed by atoms with Gasteiger partial charge in [0.25, 0.3) is 0 Å². The van der Waals surface area contributed by atoms with E-state index in [1.54, 1.807) is 17.3 Å². The third-order valence-electron chi connectivity index (χ3n) is 3.84. The highest BCUT2D eigenvalue weighted by molar-refractivity contribution is 5.68. The first-order valence-corrected chi connectivity index (χ1v) is 8.20. The maximum atomic E-state index is 12.5. The van der Waals surface area contributed by atoms with Gasteiger partial charge in [0.2, 0.25) is 0 Å². The van der Waals surface area contributed by atoms with Gasteiger partial charge in [-0.1, -0.05) is 0 Å². The zero-order valence-corrected chi connectivity index (χ0v) is 14.7. The summed E-state index contributed by atoms with van der Waals surface area (Å²) in [5.74, 6) is 0.808. The monoisotopic (exact) mass is 342 g/mol. The van der Waals surface area contributed by atoms with Crippen LogP contribution in [0.15, 0.2) is 37.2 Å². The highest BCUT2D eigenvalue weighted by Crippen LogP contribution is 2.28. The van der Waals surface area contributed by atoms with Gasteiger partial charge in [0.15, 0.2) is 0 Å². The summed E-state index contributed by atoms with van der Waals surface area (Å²) in [7, 11) is 0. The predicted molar refractivity (Wildman–Crippen MR) is 92.0 cm³/mol. The first-order valence-electron chi connectivity index (χ1n) is 8.20. The number of carbonyl (C=O) groups is 1. The van der Waals surface area contributed by atoms with Crippen molar-refractivity contribution in [3.05, 3.63) is 42.9 Å². The van der Waals surface area contributed by atoms with Gasteiger partial charge in [-0.2, -0.15) is 0 Å². The van der Waals surface area contributed by atoms with Crippen LogP contribution in [-0.2, 0) is 4.74 Å². The molecule has 1 aliphatic rings. The zero-order valence-electron chi connectivity index (χ0n) is 14.7. The largest absolute Gasteiger partial charge is 0.444 e. The minimum absolute atomic E-state index is 0.126. The van der Waals surface area contributed by atoms with Gasteiger partial charge in [-0.25, -0.2) is 24.7 Å². The Hall–Kier alpha value is -2.77. The Balaban J connectivity index is 1.84. The van der Waals surface area contributed by atoms with Crippen molar-refractivity contribution in [2.45, 2.75) is 32.4 Å². The van der Waals surface area contributed by atoms with Crippen LogP contribution in [0.4, 0.5) is 10.6 Å². The minimum Gasteiger partial charge on any atom is -0.444 e. The number of hydrogen-bond acceptors (Lipinski definition) is 7. The quantitative estimate of drug-likeness (QED) is 0.826. The molecule has 0 aliphatic carbocycles. The molecule has 8 heteroatoms. The molecule has 0 bridgehead atoms. The van der Waals surface area contributed by atoms with Gasteiger partial charge >= 0.3 is 6.09 Å². The normalized spacial score (nSPS) is 18.1. The van der Waals surface area contributed by atoms with E-state index in [1.165, 1.54) is 12.7 Å². The molecule has 132 valence electrons. The molecule has 0 aromatic carbocycles. The number of carbonyl (C=O) groups excluding carboxylic acids is 1. The van der Waals surface area contributed by atoms with E-state index < -0.39 is 5.60 Å². The van der Waals surface area contributed by atoms with E-state index >= 15 is 0 Å². The van der Waals surface area contributed by atoms with Crippen molar-refractivity contribution >= 4 is 11.9 Å². The van der Waals surface area contributed by atoms with Gasteiger partial charge in [-0.3, -0.25) is 0 Å². The Bertz CT molecular complexity index is 704. The second kappa shape index (κ2) is 7.00. The second-order valence-electron chi connectivity index (χ2n) is 6.84. The van der Waals surface area contributed by atoms with Gasteiger partial charge in [0.05, 0.1) is 18.3 Å². The lowest BCUT2D eigenvalue weighted by atomic mass is 10.1. The number of amides is 1. The summed E-state index contributed by atoms with van der Waals surface area (Å²) in [6.07, 6.45) is 6.13. The molecule has 0 radical (unpaired) electrons. The smallest absolute Gasteiger partial charge is 0.410 e. The van der Waals surface area contributed by atoms with E-state index in [1.807, 2.05) is 32.9 Å². The van der Waals surface area contributed by atoms with Crippen LogP contribution in [0, 0.1) is 0 Å². The Morgan fingerprint density at radius 2 is 1.84 bits per heavy atom. The van der Waals surface area contributed by atoms with Crippen molar-refractivity contribution in [1.29, 1.82) is 0 Å². The van der Waals surface area contributed by atoms with Crippen molar-refractivity contribution in [1.82, 2.24) is 24.8 Å². The van der Waals surface area contributed by atoms with Crippen molar-refractivity contribution in [2.24, 2.45) is 0 Å². The molecule has 0 spiro atoms. The molecule has 1 saturated heterocycles. The van der Waals surface area contributed by atoms with E-state index in [4.69, 9.17) is 4.74 Å². The van der Waals surface area contributed by atoms with Gasteiger partial charge in [-0.05, 0) is 32.9 Å². The molecule has 0 N–H and O–H groups in total. The number of ether oxygens (including phenoxy) is 1. The summed E-state index contributed by atoms with van der Waals surface area (Å²) in [6.45, 7) is 7.25. The fourth-order valence-electron chi connectivity index (χ4n) is 2.75. The lowest BCUT2D eigenvalue weighted by Gasteiger charge is -2.41. The van der Waals surface area contributed by atoms with E-state index in [0.29, 0.717) is 19.6 Å². The highest BCUT2D eigenvalue weighted by Gasteiger charge is 2.34. The third-order valence-corrected chi connectivity index (χ3v) is 3.84. The van der Waals surface area contributed by atoms with Crippen molar-refractivity contribution in [3.63, 3.8) is 0 Å². The number of anilines is 1. The molecular formula is C17H22N6O2. The highest BCUT2D eigenvalue weighted by atomic mass is 16.6. The maximum absolute atomic E-state index is 12.5. The molecule has 1 unspecified atom stereocenters. The minimum atomic E-state index is -0.523. The van der Waals surface area contributed by atoms with Crippen LogP contribution >= 0.6 is 0 Å². The van der Waals surface area contributed by atoms with Crippen LogP contribution < -0.4 is 4.90 Å². The molecule has 1 fully saturated rings. The van der Waals surface area contributed by atoms with Crippen LogP contribution in [-0.4, -0.2) is 56.2 Å². The van der Waals surface area contributed by atoms with E-state index in [9.17, 15) is 4.79 Å². The molecule has 1 atom stereocenters. The van der Waals surface area contributed by atoms with Gasteiger partial charge < -0.3 is 14.5 Å². The Kier molecular flexibility index (Phi) is 4.78. The molecule has 25 heavy (non-hydrogen) atoms. The summed E-state index contributed by atoms with van der Waals surface area (Å²) in [5, 5.41) is 0. The molecule has 3 rings (SSSR count). The fraction of sp³-hybridized carbons (Fsp3) is 0.471. The summed E-state index contributed by atoms with van der Waals surface area (Å²) in [6, 6.07) is 3.59. The Morgan fingerprint density at radius 1 is 1.12 bits per heavy atom. The van der Waals surface area contributed by atoms with E-state index in [-0.39, 0.29) is 12.1 Å². The SMILES string of the molecule is CC(C)(C)OC(=O)N1CCN(c2ccncn2)C(c2ccncn2)C1. The lowest BCUT2D eigenvalue weighted by Crippen LogP contribution is -2.52. The van der Waals surface area contributed by atoms with E-state index in [0.717, 1.165) is 11.5 Å². The number of hydrogen-bond donors (Lipinski definition) is 0. The van der Waals surface area contributed by atoms with Crippen molar-refractivity contribution < 1.29 is 9.53 Å². The standard InChI is InChI=1S/C17H22N6O2/c1-17(2,3)25-16(24)22-8-9-23(15-5-7-19-12-21-15)14(10-22)13-4-6-18-11-20-13/h4-7,11-12,14H,8-10H2,1-3H3. The van der Waals surface area contributed by atoms with Crippen molar-refractivity contribution in [3.8, 4) is 0 Å². The summed E-state index contributed by atoms with van der Waals surface area (Å²) < 4.78 is 5.51. The molecule has 1 aliphatic heterocycles. The second-order valence-corrected chi connectivity index (χ2v) is 6.84. The van der Waals surface area contributed by atoms with Crippen LogP contribution in [0.2, 0.25) is 0 Å². The van der Waals surface area contributed by atoms with Crippen LogP contribution in [0.3, 0.4) is 0 Å². The first-order chi connectivity index (χ1) is 11.9. The fourth-order valence-corrected chi connectivity index (χ4v) is 2.75. The Labute approximate surface area is 146 Å². The van der Waals surface area contributed by atoms with Crippen molar-refractivity contribution in [2.75, 3.05) is 24.5 Å². The molecule has 1 amide bonds. The third kappa shape index (κ3) is 4.20. The van der Waals surface area contributed by atoms with Crippen LogP contribution in [0.25, 0.3) is 0 Å². The summed E-state index contributed by atoms with van der Waals surface area (Å²) >= 11 is 0. The first kappa shape index (κ1) is 17.1. The summed E-state index contributed by atoms with van der Waals surface area (Å²) in [5.41, 5.74) is 0.313. The summed E-state index contributed by atoms with van der Waals surface area (Å²) in [4.78, 5) is 33.0. The van der Waals surface area contributed by atoms with Crippen LogP contribution in [0.5, 0.6) is 0 Å². The van der Waals surface area contributed by atoms with E-state index in [2.05, 4.69) is 24.8 Å². The molecule has 3 heterocycles. The zero-order chi connectivity index (χ0) is 17.9. The molecule has 0 saturated carbocycles. The number of nitrogens with zero attached hydrogens (tertiary/aromatic N) is 6. The average Bonchev–Trinajstić information content (AvgIpc) is 2.61. The maximum Gasteiger partial charge on any atom is 0.410 e. The molecule has 2 aromatic rings.